The maximum atomic E-state index is 11.6. The minimum absolute atomic E-state index is 0.160. The van der Waals surface area contributed by atoms with Crippen LogP contribution < -0.4 is 0 Å². The number of hydrogen-bond donors (Lipinski definition) is 2. The number of hydrogen-bond acceptors (Lipinski definition) is 4. The van der Waals surface area contributed by atoms with E-state index < -0.39 is 6.10 Å². The van der Waals surface area contributed by atoms with Crippen molar-refractivity contribution >= 4 is 5.97 Å². The zero-order chi connectivity index (χ0) is 14.2. The van der Waals surface area contributed by atoms with Gasteiger partial charge in [-0.05, 0) is 31.3 Å². The van der Waals surface area contributed by atoms with Crippen LogP contribution in [-0.2, 0) is 9.53 Å². The zero-order valence-corrected chi connectivity index (χ0v) is 11.6. The molecule has 1 heterocycles. The largest absolute Gasteiger partial charge is 0.458 e. The number of rotatable bonds is 4. The second-order valence-corrected chi connectivity index (χ2v) is 5.65. The van der Waals surface area contributed by atoms with Gasteiger partial charge in [0.1, 0.15) is 6.10 Å². The lowest BCUT2D eigenvalue weighted by Crippen LogP contribution is -2.37. The van der Waals surface area contributed by atoms with Crippen molar-refractivity contribution in [2.45, 2.75) is 45.3 Å². The van der Waals surface area contributed by atoms with Crippen LogP contribution in [0.25, 0.3) is 0 Å². The van der Waals surface area contributed by atoms with E-state index in [9.17, 15) is 9.90 Å². The molecule has 1 saturated heterocycles. The summed E-state index contributed by atoms with van der Waals surface area (Å²) in [6.07, 6.45) is 1.27. The van der Waals surface area contributed by atoms with Gasteiger partial charge in [0.15, 0.2) is 0 Å². The third kappa shape index (κ3) is 2.47. The van der Waals surface area contributed by atoms with Crippen LogP contribution in [0, 0.1) is 11.8 Å². The average molecular weight is 266 g/mol. The fourth-order valence-corrected chi connectivity index (χ4v) is 3.34. The normalized spacial score (nSPS) is 32.3. The van der Waals surface area contributed by atoms with Crippen LogP contribution in [0.3, 0.4) is 0 Å². The Labute approximate surface area is 113 Å². The fourth-order valence-electron chi connectivity index (χ4n) is 3.34. The molecule has 0 aromatic carbocycles. The van der Waals surface area contributed by atoms with Crippen LogP contribution >= 0.6 is 0 Å². The van der Waals surface area contributed by atoms with Crippen molar-refractivity contribution in [3.05, 3.63) is 23.3 Å². The van der Waals surface area contributed by atoms with Crippen LogP contribution in [0.1, 0.15) is 33.1 Å². The smallest absolute Gasteiger partial charge is 0.334 e. The van der Waals surface area contributed by atoms with E-state index in [0.29, 0.717) is 12.0 Å². The predicted molar refractivity (Wildman–Crippen MR) is 71.3 cm³/mol. The van der Waals surface area contributed by atoms with Crippen LogP contribution in [-0.4, -0.2) is 35.0 Å². The van der Waals surface area contributed by atoms with E-state index in [1.807, 2.05) is 6.92 Å². The van der Waals surface area contributed by atoms with Crippen LogP contribution in [0.4, 0.5) is 0 Å². The molecule has 1 aliphatic carbocycles. The lowest BCUT2D eigenvalue weighted by Gasteiger charge is -2.35. The number of esters is 1. The van der Waals surface area contributed by atoms with Crippen molar-refractivity contribution in [2.24, 2.45) is 11.8 Å². The Morgan fingerprint density at radius 2 is 2.21 bits per heavy atom. The van der Waals surface area contributed by atoms with Gasteiger partial charge in [0, 0.05) is 18.6 Å². The maximum Gasteiger partial charge on any atom is 0.334 e. The van der Waals surface area contributed by atoms with E-state index in [2.05, 4.69) is 13.5 Å². The van der Waals surface area contributed by atoms with E-state index in [0.717, 1.165) is 24.0 Å². The maximum absolute atomic E-state index is 11.6. The monoisotopic (exact) mass is 266 g/mol. The highest BCUT2D eigenvalue weighted by Crippen LogP contribution is 2.43. The van der Waals surface area contributed by atoms with Gasteiger partial charge in [-0.3, -0.25) is 0 Å². The van der Waals surface area contributed by atoms with Crippen molar-refractivity contribution in [2.75, 3.05) is 6.61 Å². The fraction of sp³-hybridized carbons (Fsp3) is 0.667. The molecule has 0 aromatic heterocycles. The second kappa shape index (κ2) is 5.47. The summed E-state index contributed by atoms with van der Waals surface area (Å²) in [5.41, 5.74) is 2.48. The summed E-state index contributed by atoms with van der Waals surface area (Å²) in [7, 11) is 0. The van der Waals surface area contributed by atoms with Crippen molar-refractivity contribution in [1.82, 2.24) is 0 Å². The SMILES string of the molecule is C=C1C(=O)O[C@@H]2CC(C)=C([C@H](C)CCCO)[C@H](O)[C@@H]12. The van der Waals surface area contributed by atoms with Gasteiger partial charge in [0.25, 0.3) is 0 Å². The van der Waals surface area contributed by atoms with Gasteiger partial charge in [0.2, 0.25) is 0 Å². The number of ether oxygens (including phenoxy) is 1. The summed E-state index contributed by atoms with van der Waals surface area (Å²) in [6, 6.07) is 0. The first kappa shape index (κ1) is 14.3. The molecule has 0 saturated carbocycles. The third-order valence-electron chi connectivity index (χ3n) is 4.31. The molecular formula is C15H22O4. The average Bonchev–Trinajstić information content (AvgIpc) is 2.62. The van der Waals surface area contributed by atoms with E-state index in [1.54, 1.807) is 0 Å². The molecule has 2 aliphatic rings. The molecule has 1 aliphatic heterocycles. The number of fused-ring (bicyclic) bond motifs is 1. The lowest BCUT2D eigenvalue weighted by molar-refractivity contribution is -0.139. The summed E-state index contributed by atoms with van der Waals surface area (Å²) in [4.78, 5) is 11.6. The summed E-state index contributed by atoms with van der Waals surface area (Å²) < 4.78 is 5.25. The van der Waals surface area contributed by atoms with Crippen LogP contribution in [0.15, 0.2) is 23.3 Å². The quantitative estimate of drug-likeness (QED) is 0.460. The first-order valence-electron chi connectivity index (χ1n) is 6.85. The van der Waals surface area contributed by atoms with Gasteiger partial charge >= 0.3 is 5.97 Å². The van der Waals surface area contributed by atoms with Gasteiger partial charge in [-0.1, -0.05) is 19.1 Å². The molecule has 4 nitrogen and oxygen atoms in total. The Bertz CT molecular complexity index is 424. The molecule has 2 rings (SSSR count). The van der Waals surface area contributed by atoms with Crippen molar-refractivity contribution < 1.29 is 19.7 Å². The molecule has 0 spiro atoms. The topological polar surface area (TPSA) is 66.8 Å². The van der Waals surface area contributed by atoms with Gasteiger partial charge < -0.3 is 14.9 Å². The van der Waals surface area contributed by atoms with Gasteiger partial charge in [-0.25, -0.2) is 4.79 Å². The highest BCUT2D eigenvalue weighted by atomic mass is 16.6. The van der Waals surface area contributed by atoms with Crippen molar-refractivity contribution in [1.29, 1.82) is 0 Å². The molecule has 4 heteroatoms. The molecule has 4 atom stereocenters. The molecule has 19 heavy (non-hydrogen) atoms. The van der Waals surface area contributed by atoms with E-state index in [4.69, 9.17) is 9.84 Å². The molecule has 106 valence electrons. The van der Waals surface area contributed by atoms with E-state index in [-0.39, 0.29) is 30.5 Å². The van der Waals surface area contributed by atoms with Gasteiger partial charge in [0.05, 0.1) is 12.0 Å². The predicted octanol–water partition coefficient (Wildman–Crippen LogP) is 1.57. The standard InChI is InChI=1S/C15H22O4/c1-8(5-4-6-16)12-9(2)7-11-13(14(12)17)10(3)15(18)19-11/h8,11,13-14,16-17H,3-7H2,1-2H3/t8-,11-,13+,14+/m1/s1. The summed E-state index contributed by atoms with van der Waals surface area (Å²) in [5, 5.41) is 19.5. The number of aliphatic hydroxyl groups excluding tert-OH is 2. The number of aliphatic hydroxyl groups is 2. The minimum Gasteiger partial charge on any atom is -0.458 e. The Hall–Kier alpha value is -1.13. The Kier molecular flexibility index (Phi) is 4.11. The molecule has 2 N–H and O–H groups in total. The minimum atomic E-state index is -0.689. The third-order valence-corrected chi connectivity index (χ3v) is 4.31. The van der Waals surface area contributed by atoms with Crippen LogP contribution in [0.5, 0.6) is 0 Å². The second-order valence-electron chi connectivity index (χ2n) is 5.65. The van der Waals surface area contributed by atoms with Crippen LogP contribution in [0.2, 0.25) is 0 Å². The summed E-state index contributed by atoms with van der Waals surface area (Å²) in [6.45, 7) is 7.95. The first-order chi connectivity index (χ1) is 8.97. The molecular weight excluding hydrogens is 244 g/mol. The zero-order valence-electron chi connectivity index (χ0n) is 11.6. The Balaban J connectivity index is 2.22. The van der Waals surface area contributed by atoms with E-state index in [1.165, 1.54) is 0 Å². The molecule has 1 fully saturated rings. The summed E-state index contributed by atoms with van der Waals surface area (Å²) >= 11 is 0. The molecule has 0 bridgehead atoms. The number of carbonyl (C=O) groups excluding carboxylic acids is 1. The summed E-state index contributed by atoms with van der Waals surface area (Å²) in [5.74, 6) is -0.486. The first-order valence-corrected chi connectivity index (χ1v) is 6.85. The van der Waals surface area contributed by atoms with Gasteiger partial charge in [-0.15, -0.1) is 0 Å². The molecule has 0 unspecified atom stereocenters. The van der Waals surface area contributed by atoms with Crippen molar-refractivity contribution in [3.8, 4) is 0 Å². The lowest BCUT2D eigenvalue weighted by atomic mass is 9.73. The number of carbonyl (C=O) groups is 1. The highest BCUT2D eigenvalue weighted by Gasteiger charge is 2.47. The van der Waals surface area contributed by atoms with Crippen molar-refractivity contribution in [3.63, 3.8) is 0 Å². The highest BCUT2D eigenvalue weighted by molar-refractivity contribution is 5.91. The van der Waals surface area contributed by atoms with Gasteiger partial charge in [-0.2, -0.15) is 0 Å². The molecule has 0 radical (unpaired) electrons. The Morgan fingerprint density at radius 3 is 2.84 bits per heavy atom. The van der Waals surface area contributed by atoms with E-state index >= 15 is 0 Å². The Morgan fingerprint density at radius 1 is 1.53 bits per heavy atom. The molecule has 0 aromatic rings. The molecule has 0 amide bonds.